The van der Waals surface area contributed by atoms with Crippen LogP contribution in [0.3, 0.4) is 0 Å². The third kappa shape index (κ3) is 1.49. The van der Waals surface area contributed by atoms with Crippen LogP contribution in [0, 0.1) is 10.5 Å². The number of rotatable bonds is 1. The van der Waals surface area contributed by atoms with Crippen LogP contribution in [-0.2, 0) is 6.61 Å². The quantitative estimate of drug-likeness (QED) is 0.802. The zero-order chi connectivity index (χ0) is 9.42. The molecule has 1 heterocycles. The van der Waals surface area contributed by atoms with Crippen LogP contribution in [-0.4, -0.2) is 5.11 Å². The molecule has 3 heteroatoms. The van der Waals surface area contributed by atoms with Gasteiger partial charge in [0.1, 0.15) is 0 Å². The summed E-state index contributed by atoms with van der Waals surface area (Å²) in [6.07, 6.45) is 0. The number of aliphatic hydroxyl groups excluding tert-OH is 1. The zero-order valence-corrected chi connectivity index (χ0v) is 10.1. The molecule has 0 unspecified atom stereocenters. The number of benzene rings is 1. The number of aryl methyl sites for hydroxylation is 1. The number of hydrogen-bond donors (Lipinski definition) is 1. The van der Waals surface area contributed by atoms with Gasteiger partial charge in [-0.05, 0) is 63.5 Å². The molecule has 0 fully saturated rings. The molecule has 0 amide bonds. The van der Waals surface area contributed by atoms with Crippen LogP contribution >= 0.6 is 33.9 Å². The molecule has 1 nitrogen and oxygen atoms in total. The van der Waals surface area contributed by atoms with Crippen molar-refractivity contribution in [3.8, 4) is 0 Å². The van der Waals surface area contributed by atoms with Crippen molar-refractivity contribution in [2.24, 2.45) is 0 Å². The Morgan fingerprint density at radius 2 is 2.31 bits per heavy atom. The van der Waals surface area contributed by atoms with E-state index in [1.54, 1.807) is 11.3 Å². The predicted octanol–water partition coefficient (Wildman–Crippen LogP) is 3.31. The van der Waals surface area contributed by atoms with Crippen molar-refractivity contribution < 1.29 is 5.11 Å². The van der Waals surface area contributed by atoms with Gasteiger partial charge in [-0.2, -0.15) is 0 Å². The maximum Gasteiger partial charge on any atom is 0.0698 e. The molecule has 0 atom stereocenters. The van der Waals surface area contributed by atoms with E-state index in [-0.39, 0.29) is 6.61 Å². The Balaban J connectivity index is 2.87. The van der Waals surface area contributed by atoms with Gasteiger partial charge in [0, 0.05) is 8.27 Å². The normalized spacial score (nSPS) is 11.0. The summed E-state index contributed by atoms with van der Waals surface area (Å²) in [5.41, 5.74) is 2.32. The number of aliphatic hydroxyl groups is 1. The van der Waals surface area contributed by atoms with Crippen molar-refractivity contribution in [3.63, 3.8) is 0 Å². The molecule has 1 aromatic heterocycles. The molecule has 0 aliphatic carbocycles. The Labute approximate surface area is 94.5 Å². The molecular formula is C10H9IOS. The van der Waals surface area contributed by atoms with E-state index in [4.69, 9.17) is 0 Å². The number of halogens is 1. The van der Waals surface area contributed by atoms with Gasteiger partial charge in [-0.3, -0.25) is 0 Å². The van der Waals surface area contributed by atoms with Gasteiger partial charge in [0.15, 0.2) is 0 Å². The Kier molecular flexibility index (Phi) is 2.58. The topological polar surface area (TPSA) is 20.2 Å². The smallest absolute Gasteiger partial charge is 0.0698 e. The SMILES string of the molecule is Cc1cc2sccc2c(CO)c1I. The minimum Gasteiger partial charge on any atom is -0.392 e. The van der Waals surface area contributed by atoms with Crippen molar-refractivity contribution in [2.45, 2.75) is 13.5 Å². The average Bonchev–Trinajstić information content (AvgIpc) is 2.54. The van der Waals surface area contributed by atoms with E-state index in [1.165, 1.54) is 19.2 Å². The molecule has 0 spiro atoms. The highest BCUT2D eigenvalue weighted by Crippen LogP contribution is 2.30. The molecule has 2 rings (SSSR count). The molecule has 0 saturated carbocycles. The van der Waals surface area contributed by atoms with Gasteiger partial charge in [0.05, 0.1) is 6.61 Å². The summed E-state index contributed by atoms with van der Waals surface area (Å²) in [7, 11) is 0. The number of thiophene rings is 1. The van der Waals surface area contributed by atoms with Crippen molar-refractivity contribution in [1.82, 2.24) is 0 Å². The Morgan fingerprint density at radius 3 is 3.00 bits per heavy atom. The summed E-state index contributed by atoms with van der Waals surface area (Å²) in [5.74, 6) is 0. The average molecular weight is 304 g/mol. The largest absolute Gasteiger partial charge is 0.392 e. The summed E-state index contributed by atoms with van der Waals surface area (Å²) in [6.45, 7) is 2.22. The first-order chi connectivity index (χ1) is 6.24. The van der Waals surface area contributed by atoms with Crippen LogP contribution in [0.15, 0.2) is 17.5 Å². The summed E-state index contributed by atoms with van der Waals surface area (Å²) < 4.78 is 2.45. The molecule has 1 N–H and O–H groups in total. The first-order valence-electron chi connectivity index (χ1n) is 4.00. The van der Waals surface area contributed by atoms with E-state index in [2.05, 4.69) is 47.0 Å². The number of hydrogen-bond acceptors (Lipinski definition) is 2. The fourth-order valence-corrected chi connectivity index (χ4v) is 2.98. The van der Waals surface area contributed by atoms with Gasteiger partial charge < -0.3 is 5.11 Å². The second-order valence-electron chi connectivity index (χ2n) is 2.98. The molecule has 0 radical (unpaired) electrons. The van der Waals surface area contributed by atoms with Crippen molar-refractivity contribution in [2.75, 3.05) is 0 Å². The zero-order valence-electron chi connectivity index (χ0n) is 7.17. The lowest BCUT2D eigenvalue weighted by atomic mass is 10.1. The minimum atomic E-state index is 0.132. The molecule has 1 aromatic carbocycles. The van der Waals surface area contributed by atoms with Gasteiger partial charge in [0.2, 0.25) is 0 Å². The first-order valence-corrected chi connectivity index (χ1v) is 5.96. The van der Waals surface area contributed by atoms with Crippen molar-refractivity contribution in [1.29, 1.82) is 0 Å². The molecule has 2 aromatic rings. The highest BCUT2D eigenvalue weighted by molar-refractivity contribution is 14.1. The molecule has 13 heavy (non-hydrogen) atoms. The van der Waals surface area contributed by atoms with Crippen LogP contribution < -0.4 is 0 Å². The van der Waals surface area contributed by atoms with Gasteiger partial charge in [0.25, 0.3) is 0 Å². The molecule has 0 aliphatic rings. The summed E-state index contributed by atoms with van der Waals surface area (Å²) >= 11 is 4.02. The maximum atomic E-state index is 9.26. The van der Waals surface area contributed by atoms with Crippen LogP contribution in [0.25, 0.3) is 10.1 Å². The summed E-state index contributed by atoms with van der Waals surface area (Å²) in [4.78, 5) is 0. The van der Waals surface area contributed by atoms with Crippen LogP contribution in [0.2, 0.25) is 0 Å². The van der Waals surface area contributed by atoms with Crippen LogP contribution in [0.4, 0.5) is 0 Å². The lowest BCUT2D eigenvalue weighted by Gasteiger charge is -2.06. The standard InChI is InChI=1S/C10H9IOS/c1-6-4-9-7(2-3-13-9)8(5-12)10(6)11/h2-4,12H,5H2,1H3. The van der Waals surface area contributed by atoms with Crippen molar-refractivity contribution >= 4 is 44.0 Å². The summed E-state index contributed by atoms with van der Waals surface area (Å²) in [5, 5.41) is 12.5. The molecule has 68 valence electrons. The molecular weight excluding hydrogens is 295 g/mol. The maximum absolute atomic E-state index is 9.26. The lowest BCUT2D eigenvalue weighted by molar-refractivity contribution is 0.282. The number of fused-ring (bicyclic) bond motifs is 1. The van der Waals surface area contributed by atoms with Gasteiger partial charge in [-0.25, -0.2) is 0 Å². The third-order valence-corrected chi connectivity index (χ3v) is 4.50. The third-order valence-electron chi connectivity index (χ3n) is 2.14. The van der Waals surface area contributed by atoms with E-state index in [1.807, 2.05) is 0 Å². The van der Waals surface area contributed by atoms with Crippen LogP contribution in [0.1, 0.15) is 11.1 Å². The van der Waals surface area contributed by atoms with E-state index in [9.17, 15) is 5.11 Å². The Bertz CT molecular complexity index is 447. The summed E-state index contributed by atoms with van der Waals surface area (Å²) in [6, 6.07) is 4.26. The fraction of sp³-hybridized carbons (Fsp3) is 0.200. The molecule has 0 saturated heterocycles. The highest BCUT2D eigenvalue weighted by Gasteiger charge is 2.08. The fourth-order valence-electron chi connectivity index (χ4n) is 1.45. The van der Waals surface area contributed by atoms with E-state index in [0.717, 1.165) is 5.56 Å². The van der Waals surface area contributed by atoms with Gasteiger partial charge in [-0.15, -0.1) is 11.3 Å². The van der Waals surface area contributed by atoms with Crippen molar-refractivity contribution in [3.05, 3.63) is 32.2 Å². The highest BCUT2D eigenvalue weighted by atomic mass is 127. The Morgan fingerprint density at radius 1 is 1.54 bits per heavy atom. The predicted molar refractivity (Wildman–Crippen MR) is 65.2 cm³/mol. The van der Waals surface area contributed by atoms with Crippen LogP contribution in [0.5, 0.6) is 0 Å². The monoisotopic (exact) mass is 304 g/mol. The van der Waals surface area contributed by atoms with Gasteiger partial charge >= 0.3 is 0 Å². The Hall–Kier alpha value is -0.130. The molecule has 0 aliphatic heterocycles. The van der Waals surface area contributed by atoms with E-state index in [0.29, 0.717) is 0 Å². The van der Waals surface area contributed by atoms with E-state index < -0.39 is 0 Å². The first kappa shape index (κ1) is 9.43. The lowest BCUT2D eigenvalue weighted by Crippen LogP contribution is -1.91. The van der Waals surface area contributed by atoms with Gasteiger partial charge in [-0.1, -0.05) is 0 Å². The minimum absolute atomic E-state index is 0.132. The second-order valence-corrected chi connectivity index (χ2v) is 5.00. The molecule has 0 bridgehead atoms. The second kappa shape index (κ2) is 3.55. The van der Waals surface area contributed by atoms with E-state index >= 15 is 0 Å².